The summed E-state index contributed by atoms with van der Waals surface area (Å²) >= 11 is 0. The van der Waals surface area contributed by atoms with E-state index in [1.54, 1.807) is 12.1 Å². The van der Waals surface area contributed by atoms with Crippen LogP contribution < -0.4 is 5.73 Å². The predicted molar refractivity (Wildman–Crippen MR) is 78.9 cm³/mol. The molecule has 0 amide bonds. The molecule has 20 heavy (non-hydrogen) atoms. The molecule has 0 saturated heterocycles. The van der Waals surface area contributed by atoms with Gasteiger partial charge in [-0.05, 0) is 43.0 Å². The van der Waals surface area contributed by atoms with Crippen molar-refractivity contribution in [1.82, 2.24) is 9.55 Å². The summed E-state index contributed by atoms with van der Waals surface area (Å²) in [6.07, 6.45) is 7.10. The molecular formula is C16H22FN3. The summed E-state index contributed by atoms with van der Waals surface area (Å²) in [6, 6.07) is 4.78. The van der Waals surface area contributed by atoms with E-state index in [9.17, 15) is 4.39 Å². The number of hydrogen-bond acceptors (Lipinski definition) is 2. The van der Waals surface area contributed by atoms with Gasteiger partial charge in [-0.1, -0.05) is 19.3 Å². The van der Waals surface area contributed by atoms with Gasteiger partial charge in [-0.15, -0.1) is 0 Å². The Hall–Kier alpha value is -1.42. The highest BCUT2D eigenvalue weighted by atomic mass is 19.1. The van der Waals surface area contributed by atoms with Crippen molar-refractivity contribution in [3.63, 3.8) is 0 Å². The molecule has 0 spiro atoms. The molecule has 0 atom stereocenters. The first kappa shape index (κ1) is 13.6. The van der Waals surface area contributed by atoms with E-state index in [-0.39, 0.29) is 11.2 Å². The van der Waals surface area contributed by atoms with Crippen molar-refractivity contribution in [3.05, 3.63) is 29.8 Å². The highest BCUT2D eigenvalue weighted by molar-refractivity contribution is 5.75. The zero-order valence-corrected chi connectivity index (χ0v) is 12.0. The fraction of sp³-hybridized carbons (Fsp3) is 0.562. The van der Waals surface area contributed by atoms with Gasteiger partial charge in [0.2, 0.25) is 0 Å². The largest absolute Gasteiger partial charge is 0.331 e. The van der Waals surface area contributed by atoms with Gasteiger partial charge < -0.3 is 10.3 Å². The van der Waals surface area contributed by atoms with Gasteiger partial charge in [0, 0.05) is 13.5 Å². The maximum absolute atomic E-state index is 13.4. The van der Waals surface area contributed by atoms with Crippen molar-refractivity contribution >= 4 is 11.0 Å². The van der Waals surface area contributed by atoms with E-state index >= 15 is 0 Å². The number of halogens is 1. The first-order chi connectivity index (χ1) is 9.63. The first-order valence-electron chi connectivity index (χ1n) is 7.44. The van der Waals surface area contributed by atoms with Gasteiger partial charge in [0.15, 0.2) is 0 Å². The van der Waals surface area contributed by atoms with Crippen molar-refractivity contribution < 1.29 is 4.39 Å². The van der Waals surface area contributed by atoms with Crippen LogP contribution in [0.1, 0.15) is 37.9 Å². The van der Waals surface area contributed by atoms with Crippen LogP contribution in [0.5, 0.6) is 0 Å². The topological polar surface area (TPSA) is 43.8 Å². The number of nitrogens with zero attached hydrogens (tertiary/aromatic N) is 2. The van der Waals surface area contributed by atoms with E-state index in [0.29, 0.717) is 6.54 Å². The molecule has 1 aromatic heterocycles. The van der Waals surface area contributed by atoms with Gasteiger partial charge >= 0.3 is 0 Å². The van der Waals surface area contributed by atoms with E-state index in [1.807, 2.05) is 11.6 Å². The Bertz CT molecular complexity index is 611. The van der Waals surface area contributed by atoms with Crippen molar-refractivity contribution in [2.75, 3.05) is 6.54 Å². The molecule has 1 fully saturated rings. The third-order valence-corrected chi connectivity index (χ3v) is 4.82. The second-order valence-electron chi connectivity index (χ2n) is 6.16. The SMILES string of the molecule is Cn1c(CC2(CN)CCCCC2)nc2ccc(F)cc21. The van der Waals surface area contributed by atoms with E-state index in [2.05, 4.69) is 4.98 Å². The van der Waals surface area contributed by atoms with Crippen molar-refractivity contribution in [2.45, 2.75) is 38.5 Å². The number of nitrogens with two attached hydrogens (primary N) is 1. The molecule has 3 rings (SSSR count). The maximum atomic E-state index is 13.4. The minimum absolute atomic E-state index is 0.186. The van der Waals surface area contributed by atoms with Gasteiger partial charge in [0.1, 0.15) is 11.6 Å². The van der Waals surface area contributed by atoms with E-state index in [0.717, 1.165) is 23.3 Å². The second kappa shape index (κ2) is 5.17. The summed E-state index contributed by atoms with van der Waals surface area (Å²) in [4.78, 5) is 4.68. The third-order valence-electron chi connectivity index (χ3n) is 4.82. The van der Waals surface area contributed by atoms with E-state index in [4.69, 9.17) is 5.73 Å². The van der Waals surface area contributed by atoms with Crippen LogP contribution in [0.25, 0.3) is 11.0 Å². The molecule has 2 N–H and O–H groups in total. The number of rotatable bonds is 3. The van der Waals surface area contributed by atoms with E-state index < -0.39 is 0 Å². The standard InChI is InChI=1S/C16H22FN3/c1-20-14-9-12(17)5-6-13(14)19-15(20)10-16(11-18)7-3-2-4-8-16/h5-6,9H,2-4,7-8,10-11,18H2,1H3. The average Bonchev–Trinajstić information content (AvgIpc) is 2.76. The summed E-state index contributed by atoms with van der Waals surface area (Å²) in [5.41, 5.74) is 7.98. The molecule has 1 aliphatic rings. The fourth-order valence-corrected chi connectivity index (χ4v) is 3.46. The minimum Gasteiger partial charge on any atom is -0.331 e. The van der Waals surface area contributed by atoms with Gasteiger partial charge in [-0.25, -0.2) is 9.37 Å². The molecule has 0 bridgehead atoms. The molecule has 2 aromatic rings. The number of fused-ring (bicyclic) bond motifs is 1. The monoisotopic (exact) mass is 275 g/mol. The summed E-state index contributed by atoms with van der Waals surface area (Å²) in [7, 11) is 1.97. The highest BCUT2D eigenvalue weighted by Crippen LogP contribution is 2.38. The van der Waals surface area contributed by atoms with Crippen molar-refractivity contribution in [3.8, 4) is 0 Å². The lowest BCUT2D eigenvalue weighted by Crippen LogP contribution is -2.35. The van der Waals surface area contributed by atoms with Crippen LogP contribution in [0.4, 0.5) is 4.39 Å². The van der Waals surface area contributed by atoms with Crippen LogP contribution in [0.2, 0.25) is 0 Å². The molecule has 1 heterocycles. The molecule has 0 aliphatic heterocycles. The highest BCUT2D eigenvalue weighted by Gasteiger charge is 2.32. The lowest BCUT2D eigenvalue weighted by Gasteiger charge is -2.36. The summed E-state index contributed by atoms with van der Waals surface area (Å²) < 4.78 is 15.4. The first-order valence-corrected chi connectivity index (χ1v) is 7.44. The van der Waals surface area contributed by atoms with E-state index in [1.165, 1.54) is 38.2 Å². The van der Waals surface area contributed by atoms with Crippen LogP contribution in [0.3, 0.4) is 0 Å². The van der Waals surface area contributed by atoms with Crippen molar-refractivity contribution in [1.29, 1.82) is 0 Å². The molecule has 0 unspecified atom stereocenters. The molecule has 3 nitrogen and oxygen atoms in total. The normalized spacial score (nSPS) is 18.6. The molecule has 4 heteroatoms. The zero-order valence-electron chi connectivity index (χ0n) is 12.0. The third kappa shape index (κ3) is 2.33. The number of hydrogen-bond donors (Lipinski definition) is 1. The molecule has 108 valence electrons. The fourth-order valence-electron chi connectivity index (χ4n) is 3.46. The number of aromatic nitrogens is 2. The quantitative estimate of drug-likeness (QED) is 0.935. The lowest BCUT2D eigenvalue weighted by molar-refractivity contribution is 0.192. The van der Waals surface area contributed by atoms with Gasteiger partial charge in [-0.2, -0.15) is 0 Å². The van der Waals surface area contributed by atoms with Crippen LogP contribution in [0, 0.1) is 11.2 Å². The Morgan fingerprint density at radius 1 is 1.30 bits per heavy atom. The Balaban J connectivity index is 1.95. The van der Waals surface area contributed by atoms with Crippen LogP contribution in [-0.4, -0.2) is 16.1 Å². The maximum Gasteiger partial charge on any atom is 0.125 e. The average molecular weight is 275 g/mol. The summed E-state index contributed by atoms with van der Waals surface area (Å²) in [5.74, 6) is 0.816. The summed E-state index contributed by atoms with van der Waals surface area (Å²) in [6.45, 7) is 0.713. The number of imidazole rings is 1. The van der Waals surface area contributed by atoms with Crippen LogP contribution in [-0.2, 0) is 13.5 Å². The smallest absolute Gasteiger partial charge is 0.125 e. The Morgan fingerprint density at radius 2 is 2.05 bits per heavy atom. The summed E-state index contributed by atoms with van der Waals surface area (Å²) in [5, 5.41) is 0. The molecule has 1 aromatic carbocycles. The second-order valence-corrected chi connectivity index (χ2v) is 6.16. The predicted octanol–water partition coefficient (Wildman–Crippen LogP) is 3.16. The van der Waals surface area contributed by atoms with Gasteiger partial charge in [0.05, 0.1) is 11.0 Å². The number of aryl methyl sites for hydroxylation is 1. The molecule has 1 aliphatic carbocycles. The Morgan fingerprint density at radius 3 is 2.75 bits per heavy atom. The lowest BCUT2D eigenvalue weighted by atomic mass is 9.71. The minimum atomic E-state index is -0.210. The molecule has 1 saturated carbocycles. The molecular weight excluding hydrogens is 253 g/mol. The Labute approximate surface area is 119 Å². The number of benzene rings is 1. The zero-order chi connectivity index (χ0) is 14.2. The van der Waals surface area contributed by atoms with Crippen molar-refractivity contribution in [2.24, 2.45) is 18.2 Å². The molecule has 0 radical (unpaired) electrons. The van der Waals surface area contributed by atoms with Crippen LogP contribution in [0.15, 0.2) is 18.2 Å². The van der Waals surface area contributed by atoms with Gasteiger partial charge in [-0.3, -0.25) is 0 Å². The Kier molecular flexibility index (Phi) is 3.50. The van der Waals surface area contributed by atoms with Gasteiger partial charge in [0.25, 0.3) is 0 Å². The van der Waals surface area contributed by atoms with Crippen LogP contribution >= 0.6 is 0 Å².